The summed E-state index contributed by atoms with van der Waals surface area (Å²) in [6, 6.07) is 2.91. The molecule has 1 amide bonds. The van der Waals surface area contributed by atoms with E-state index in [1.54, 1.807) is 0 Å². The number of halogens is 2. The number of aliphatic hydroxyl groups excluding tert-OH is 2. The number of aliphatic hydroxyl groups is 2. The van der Waals surface area contributed by atoms with Crippen molar-refractivity contribution in [3.8, 4) is 5.75 Å². The molecule has 1 heterocycles. The van der Waals surface area contributed by atoms with E-state index in [9.17, 15) is 15.0 Å². The zero-order valence-corrected chi connectivity index (χ0v) is 11.9. The highest BCUT2D eigenvalue weighted by molar-refractivity contribution is 6.42. The van der Waals surface area contributed by atoms with Crippen molar-refractivity contribution in [2.45, 2.75) is 12.3 Å². The Hall–Kier alpha value is -1.43. The number of hydrogen-bond acceptors (Lipinski definition) is 4. The topological polar surface area (TPSA) is 81.0 Å². The third-order valence-corrected chi connectivity index (χ3v) is 3.96. The number of rotatable bonds is 3. The number of amides is 1. The molecule has 1 aliphatic rings. The van der Waals surface area contributed by atoms with E-state index >= 15 is 0 Å². The summed E-state index contributed by atoms with van der Waals surface area (Å²) in [4.78, 5) is 13.1. The SMILES string of the molecule is O=C1CC(c2c(O)ccc(Cl)c2Cl)CN1/C=C(/O)CO. The quantitative estimate of drug-likeness (QED) is 0.748. The van der Waals surface area contributed by atoms with E-state index in [-0.39, 0.29) is 41.3 Å². The highest BCUT2D eigenvalue weighted by Gasteiger charge is 2.33. The van der Waals surface area contributed by atoms with E-state index in [2.05, 4.69) is 0 Å². The zero-order valence-electron chi connectivity index (χ0n) is 10.4. The van der Waals surface area contributed by atoms with E-state index in [0.29, 0.717) is 10.6 Å². The fraction of sp³-hybridized carbons (Fsp3) is 0.308. The Morgan fingerprint density at radius 1 is 1.45 bits per heavy atom. The maximum absolute atomic E-state index is 11.8. The van der Waals surface area contributed by atoms with Crippen LogP contribution in [0.15, 0.2) is 24.1 Å². The van der Waals surface area contributed by atoms with Crippen LogP contribution in [0.5, 0.6) is 5.75 Å². The molecule has 0 bridgehead atoms. The fourth-order valence-electron chi connectivity index (χ4n) is 2.22. The summed E-state index contributed by atoms with van der Waals surface area (Å²) in [6.07, 6.45) is 1.32. The molecule has 1 atom stereocenters. The van der Waals surface area contributed by atoms with Crippen molar-refractivity contribution in [3.05, 3.63) is 39.7 Å². The van der Waals surface area contributed by atoms with Gasteiger partial charge in [0.25, 0.3) is 0 Å². The monoisotopic (exact) mass is 317 g/mol. The van der Waals surface area contributed by atoms with Crippen molar-refractivity contribution in [2.24, 2.45) is 0 Å². The molecule has 7 heteroatoms. The van der Waals surface area contributed by atoms with Crippen molar-refractivity contribution < 1.29 is 20.1 Å². The number of phenolic OH excluding ortho intramolecular Hbond substituents is 1. The summed E-state index contributed by atoms with van der Waals surface area (Å²) >= 11 is 12.0. The Balaban J connectivity index is 2.29. The summed E-state index contributed by atoms with van der Waals surface area (Å²) in [7, 11) is 0. The Bertz CT molecular complexity index is 574. The number of carbonyl (C=O) groups is 1. The Labute approximate surface area is 125 Å². The molecule has 1 fully saturated rings. The number of aromatic hydroxyl groups is 1. The number of nitrogens with zero attached hydrogens (tertiary/aromatic N) is 1. The molecule has 0 aliphatic carbocycles. The van der Waals surface area contributed by atoms with Gasteiger partial charge in [-0.15, -0.1) is 0 Å². The van der Waals surface area contributed by atoms with Gasteiger partial charge < -0.3 is 20.2 Å². The summed E-state index contributed by atoms with van der Waals surface area (Å²) < 4.78 is 0. The van der Waals surface area contributed by atoms with Gasteiger partial charge in [0.1, 0.15) is 18.1 Å². The molecule has 1 unspecified atom stereocenters. The van der Waals surface area contributed by atoms with E-state index in [1.807, 2.05) is 0 Å². The van der Waals surface area contributed by atoms with Gasteiger partial charge in [0.15, 0.2) is 0 Å². The Kier molecular flexibility index (Phi) is 4.42. The second kappa shape index (κ2) is 5.91. The molecule has 0 radical (unpaired) electrons. The third kappa shape index (κ3) is 2.85. The van der Waals surface area contributed by atoms with Crippen LogP contribution in [0.1, 0.15) is 17.9 Å². The van der Waals surface area contributed by atoms with Crippen LogP contribution in [0.2, 0.25) is 10.0 Å². The largest absolute Gasteiger partial charge is 0.508 e. The van der Waals surface area contributed by atoms with Gasteiger partial charge in [0.2, 0.25) is 5.91 Å². The van der Waals surface area contributed by atoms with Crippen molar-refractivity contribution in [1.82, 2.24) is 4.90 Å². The van der Waals surface area contributed by atoms with Crippen molar-refractivity contribution >= 4 is 29.1 Å². The lowest BCUT2D eigenvalue weighted by Crippen LogP contribution is -2.19. The number of carbonyl (C=O) groups excluding carboxylic acids is 1. The number of hydrogen-bond donors (Lipinski definition) is 3. The van der Waals surface area contributed by atoms with Crippen molar-refractivity contribution in [1.29, 1.82) is 0 Å². The van der Waals surface area contributed by atoms with Crippen LogP contribution in [0.3, 0.4) is 0 Å². The first kappa shape index (κ1) is 15.0. The van der Waals surface area contributed by atoms with E-state index in [0.717, 1.165) is 0 Å². The molecule has 108 valence electrons. The smallest absolute Gasteiger partial charge is 0.227 e. The number of phenols is 1. The Morgan fingerprint density at radius 3 is 2.80 bits per heavy atom. The molecule has 5 nitrogen and oxygen atoms in total. The normalized spacial score (nSPS) is 19.8. The van der Waals surface area contributed by atoms with Crippen LogP contribution in [0, 0.1) is 0 Å². The lowest BCUT2D eigenvalue weighted by atomic mass is 9.97. The molecule has 1 aliphatic heterocycles. The van der Waals surface area contributed by atoms with Gasteiger partial charge in [-0.1, -0.05) is 23.2 Å². The van der Waals surface area contributed by atoms with Crippen LogP contribution in [-0.2, 0) is 4.79 Å². The average molecular weight is 318 g/mol. The highest BCUT2D eigenvalue weighted by atomic mass is 35.5. The van der Waals surface area contributed by atoms with Crippen LogP contribution in [-0.4, -0.2) is 39.3 Å². The van der Waals surface area contributed by atoms with Crippen LogP contribution in [0.25, 0.3) is 0 Å². The number of likely N-dealkylation sites (tertiary alicyclic amines) is 1. The third-order valence-electron chi connectivity index (χ3n) is 3.14. The molecule has 0 saturated carbocycles. The molecule has 1 saturated heterocycles. The van der Waals surface area contributed by atoms with Gasteiger partial charge in [0.05, 0.1) is 10.0 Å². The highest BCUT2D eigenvalue weighted by Crippen LogP contribution is 2.41. The Morgan fingerprint density at radius 2 is 2.15 bits per heavy atom. The van der Waals surface area contributed by atoms with E-state index < -0.39 is 6.61 Å². The fourth-order valence-corrected chi connectivity index (χ4v) is 2.69. The van der Waals surface area contributed by atoms with E-state index in [1.165, 1.54) is 23.2 Å². The summed E-state index contributed by atoms with van der Waals surface area (Å²) in [6.45, 7) is -0.297. The van der Waals surface area contributed by atoms with Gasteiger partial charge in [-0.2, -0.15) is 0 Å². The first-order chi connectivity index (χ1) is 9.43. The van der Waals surface area contributed by atoms with Gasteiger partial charge in [-0.05, 0) is 12.1 Å². The molecule has 2 rings (SSSR count). The van der Waals surface area contributed by atoms with Crippen LogP contribution < -0.4 is 0 Å². The summed E-state index contributed by atoms with van der Waals surface area (Å²) in [5.41, 5.74) is 0.423. The van der Waals surface area contributed by atoms with Crippen LogP contribution >= 0.6 is 23.2 Å². The maximum Gasteiger partial charge on any atom is 0.227 e. The van der Waals surface area contributed by atoms with Gasteiger partial charge in [-0.3, -0.25) is 4.79 Å². The maximum atomic E-state index is 11.8. The molecular formula is C13H13Cl2NO4. The molecule has 20 heavy (non-hydrogen) atoms. The van der Waals surface area contributed by atoms with Crippen molar-refractivity contribution in [2.75, 3.05) is 13.2 Å². The summed E-state index contributed by atoms with van der Waals surface area (Å²) in [5, 5.41) is 28.4. The second-order valence-corrected chi connectivity index (χ2v) is 5.31. The lowest BCUT2D eigenvalue weighted by Gasteiger charge is -2.15. The molecular weight excluding hydrogens is 305 g/mol. The minimum Gasteiger partial charge on any atom is -0.508 e. The minimum atomic E-state index is -0.544. The first-order valence-electron chi connectivity index (χ1n) is 5.91. The molecule has 1 aromatic carbocycles. The van der Waals surface area contributed by atoms with Crippen molar-refractivity contribution in [3.63, 3.8) is 0 Å². The summed E-state index contributed by atoms with van der Waals surface area (Å²) in [5.74, 6) is -0.878. The van der Waals surface area contributed by atoms with E-state index in [4.69, 9.17) is 28.3 Å². The number of benzene rings is 1. The van der Waals surface area contributed by atoms with Gasteiger partial charge in [0, 0.05) is 30.6 Å². The predicted octanol–water partition coefficient (Wildman–Crippen LogP) is 2.41. The molecule has 3 N–H and O–H groups in total. The first-order valence-corrected chi connectivity index (χ1v) is 6.66. The average Bonchev–Trinajstić information content (AvgIpc) is 2.75. The minimum absolute atomic E-state index is 0.0191. The second-order valence-electron chi connectivity index (χ2n) is 4.52. The zero-order chi connectivity index (χ0) is 14.9. The van der Waals surface area contributed by atoms with Gasteiger partial charge >= 0.3 is 0 Å². The van der Waals surface area contributed by atoms with Gasteiger partial charge in [-0.25, -0.2) is 0 Å². The molecule has 0 aromatic heterocycles. The standard InChI is InChI=1S/C13H13Cl2NO4/c14-9-1-2-10(19)12(13(9)15)7-3-11(20)16(4-7)5-8(18)6-17/h1-2,5,7,17-19H,3-4,6H2/b8-5+. The lowest BCUT2D eigenvalue weighted by molar-refractivity contribution is -0.125. The molecule has 1 aromatic rings. The molecule has 0 spiro atoms. The van der Waals surface area contributed by atoms with Crippen LogP contribution in [0.4, 0.5) is 0 Å². The predicted molar refractivity (Wildman–Crippen MR) is 75.0 cm³/mol.